The summed E-state index contributed by atoms with van der Waals surface area (Å²) in [5, 5.41) is 3.44. The van der Waals surface area contributed by atoms with Crippen LogP contribution in [0.25, 0.3) is 0 Å². The number of halogens is 2. The highest BCUT2D eigenvalue weighted by molar-refractivity contribution is 14.1. The van der Waals surface area contributed by atoms with Gasteiger partial charge in [0.2, 0.25) is 0 Å². The van der Waals surface area contributed by atoms with Crippen molar-refractivity contribution in [2.45, 2.75) is 0 Å². The van der Waals surface area contributed by atoms with Gasteiger partial charge in [0, 0.05) is 34.6 Å². The molecule has 0 aromatic heterocycles. The van der Waals surface area contributed by atoms with Gasteiger partial charge in [-0.1, -0.05) is 11.6 Å². The topological polar surface area (TPSA) is 32.3 Å². The molecule has 2 aromatic carbocycles. The SMILES string of the molecule is CN(C)c1ccc(NC(=O)c2ccc(I)c(Cl)c2)cc1. The molecule has 0 heterocycles. The van der Waals surface area contributed by atoms with E-state index in [1.54, 1.807) is 12.1 Å². The molecule has 2 aromatic rings. The summed E-state index contributed by atoms with van der Waals surface area (Å²) in [6.07, 6.45) is 0. The first-order valence-corrected chi connectivity index (χ1v) is 7.47. The van der Waals surface area contributed by atoms with Crippen molar-refractivity contribution in [3.63, 3.8) is 0 Å². The Labute approximate surface area is 137 Å². The molecule has 0 aliphatic heterocycles. The molecule has 104 valence electrons. The fraction of sp³-hybridized carbons (Fsp3) is 0.133. The van der Waals surface area contributed by atoms with Crippen molar-refractivity contribution in [3.05, 3.63) is 56.6 Å². The maximum Gasteiger partial charge on any atom is 0.255 e. The molecule has 0 fully saturated rings. The van der Waals surface area contributed by atoms with E-state index in [9.17, 15) is 4.79 Å². The molecule has 0 saturated carbocycles. The zero-order chi connectivity index (χ0) is 14.7. The van der Waals surface area contributed by atoms with E-state index < -0.39 is 0 Å². The summed E-state index contributed by atoms with van der Waals surface area (Å²) in [5.74, 6) is -0.166. The summed E-state index contributed by atoms with van der Waals surface area (Å²) in [6.45, 7) is 0. The molecule has 0 aliphatic carbocycles. The minimum atomic E-state index is -0.166. The van der Waals surface area contributed by atoms with Crippen LogP contribution in [0.15, 0.2) is 42.5 Å². The van der Waals surface area contributed by atoms with E-state index in [4.69, 9.17) is 11.6 Å². The lowest BCUT2D eigenvalue weighted by Crippen LogP contribution is -2.12. The molecular weight excluding hydrogens is 387 g/mol. The number of nitrogens with one attached hydrogen (secondary N) is 1. The molecule has 3 nitrogen and oxygen atoms in total. The molecule has 0 radical (unpaired) electrons. The van der Waals surface area contributed by atoms with E-state index in [-0.39, 0.29) is 5.91 Å². The molecule has 0 saturated heterocycles. The average molecular weight is 401 g/mol. The van der Waals surface area contributed by atoms with Gasteiger partial charge in [-0.3, -0.25) is 4.79 Å². The van der Waals surface area contributed by atoms with Gasteiger partial charge in [0.1, 0.15) is 0 Å². The highest BCUT2D eigenvalue weighted by Gasteiger charge is 2.08. The summed E-state index contributed by atoms with van der Waals surface area (Å²) in [6, 6.07) is 12.9. The van der Waals surface area contributed by atoms with Crippen molar-refractivity contribution < 1.29 is 4.79 Å². The maximum atomic E-state index is 12.1. The predicted octanol–water partition coefficient (Wildman–Crippen LogP) is 4.26. The molecule has 0 bridgehead atoms. The summed E-state index contributed by atoms with van der Waals surface area (Å²) in [4.78, 5) is 14.1. The van der Waals surface area contributed by atoms with Crippen LogP contribution in [0.1, 0.15) is 10.4 Å². The van der Waals surface area contributed by atoms with E-state index in [0.29, 0.717) is 10.6 Å². The van der Waals surface area contributed by atoms with E-state index in [1.165, 1.54) is 0 Å². The molecule has 5 heteroatoms. The third kappa shape index (κ3) is 3.64. The quantitative estimate of drug-likeness (QED) is 0.781. The van der Waals surface area contributed by atoms with Crippen LogP contribution in [0.3, 0.4) is 0 Å². The van der Waals surface area contributed by atoms with Crippen molar-refractivity contribution >= 4 is 51.5 Å². The highest BCUT2D eigenvalue weighted by Crippen LogP contribution is 2.21. The van der Waals surface area contributed by atoms with Gasteiger partial charge in [-0.2, -0.15) is 0 Å². The van der Waals surface area contributed by atoms with Crippen LogP contribution >= 0.6 is 34.2 Å². The molecule has 0 unspecified atom stereocenters. The zero-order valence-corrected chi connectivity index (χ0v) is 14.1. The Morgan fingerprint density at radius 1 is 1.15 bits per heavy atom. The Morgan fingerprint density at radius 3 is 2.35 bits per heavy atom. The van der Waals surface area contributed by atoms with Crippen molar-refractivity contribution in [1.82, 2.24) is 0 Å². The van der Waals surface area contributed by atoms with Crippen LogP contribution in [-0.4, -0.2) is 20.0 Å². The number of rotatable bonds is 3. The predicted molar refractivity (Wildman–Crippen MR) is 92.9 cm³/mol. The molecule has 0 spiro atoms. The Kier molecular flexibility index (Phi) is 4.88. The van der Waals surface area contributed by atoms with Crippen LogP contribution in [0.4, 0.5) is 11.4 Å². The van der Waals surface area contributed by atoms with Gasteiger partial charge in [0.05, 0.1) is 5.02 Å². The van der Waals surface area contributed by atoms with Gasteiger partial charge in [0.25, 0.3) is 5.91 Å². The third-order valence-electron chi connectivity index (χ3n) is 2.82. The Morgan fingerprint density at radius 2 is 1.80 bits per heavy atom. The number of anilines is 2. The first kappa shape index (κ1) is 15.1. The minimum Gasteiger partial charge on any atom is -0.378 e. The fourth-order valence-electron chi connectivity index (χ4n) is 1.68. The number of carbonyl (C=O) groups is 1. The monoisotopic (exact) mass is 400 g/mol. The summed E-state index contributed by atoms with van der Waals surface area (Å²) in [7, 11) is 3.95. The largest absolute Gasteiger partial charge is 0.378 e. The number of hydrogen-bond acceptors (Lipinski definition) is 2. The summed E-state index contributed by atoms with van der Waals surface area (Å²) in [5.41, 5.74) is 2.39. The molecule has 1 amide bonds. The van der Waals surface area contributed by atoms with E-state index in [0.717, 1.165) is 14.9 Å². The average Bonchev–Trinajstić information content (AvgIpc) is 2.42. The molecule has 2 rings (SSSR count). The standard InChI is InChI=1S/C15H14ClIN2O/c1-19(2)12-6-4-11(5-7-12)18-15(20)10-3-8-14(17)13(16)9-10/h3-9H,1-2H3,(H,18,20). The smallest absolute Gasteiger partial charge is 0.255 e. The first-order valence-electron chi connectivity index (χ1n) is 6.01. The fourth-order valence-corrected chi connectivity index (χ4v) is 2.20. The van der Waals surface area contributed by atoms with Gasteiger partial charge in [0.15, 0.2) is 0 Å². The number of hydrogen-bond donors (Lipinski definition) is 1. The lowest BCUT2D eigenvalue weighted by Gasteiger charge is -2.13. The normalized spacial score (nSPS) is 10.2. The Balaban J connectivity index is 2.12. The van der Waals surface area contributed by atoms with Crippen LogP contribution in [0.2, 0.25) is 5.02 Å². The molecule has 1 N–H and O–H groups in total. The van der Waals surface area contributed by atoms with Crippen LogP contribution < -0.4 is 10.2 Å². The van der Waals surface area contributed by atoms with E-state index in [1.807, 2.05) is 49.3 Å². The zero-order valence-electron chi connectivity index (χ0n) is 11.2. The second-order valence-corrected chi connectivity index (χ2v) is 6.09. The lowest BCUT2D eigenvalue weighted by atomic mass is 10.2. The second kappa shape index (κ2) is 6.45. The van der Waals surface area contributed by atoms with Gasteiger partial charge >= 0.3 is 0 Å². The summed E-state index contributed by atoms with van der Waals surface area (Å²) >= 11 is 8.15. The molecular formula is C15H14ClIN2O. The lowest BCUT2D eigenvalue weighted by molar-refractivity contribution is 0.102. The van der Waals surface area contributed by atoms with E-state index >= 15 is 0 Å². The molecule has 0 aliphatic rings. The van der Waals surface area contributed by atoms with Crippen LogP contribution in [0, 0.1) is 3.57 Å². The molecule has 20 heavy (non-hydrogen) atoms. The van der Waals surface area contributed by atoms with Crippen molar-refractivity contribution in [2.75, 3.05) is 24.3 Å². The maximum absolute atomic E-state index is 12.1. The van der Waals surface area contributed by atoms with E-state index in [2.05, 4.69) is 27.9 Å². The van der Waals surface area contributed by atoms with Crippen molar-refractivity contribution in [1.29, 1.82) is 0 Å². The van der Waals surface area contributed by atoms with Crippen molar-refractivity contribution in [3.8, 4) is 0 Å². The molecule has 0 atom stereocenters. The Hall–Kier alpha value is -1.27. The Bertz CT molecular complexity index is 626. The van der Waals surface area contributed by atoms with Gasteiger partial charge in [-0.05, 0) is 65.1 Å². The van der Waals surface area contributed by atoms with Gasteiger partial charge in [-0.15, -0.1) is 0 Å². The van der Waals surface area contributed by atoms with Gasteiger partial charge < -0.3 is 10.2 Å². The van der Waals surface area contributed by atoms with Crippen LogP contribution in [-0.2, 0) is 0 Å². The summed E-state index contributed by atoms with van der Waals surface area (Å²) < 4.78 is 0.927. The number of benzene rings is 2. The highest BCUT2D eigenvalue weighted by atomic mass is 127. The van der Waals surface area contributed by atoms with Crippen molar-refractivity contribution in [2.24, 2.45) is 0 Å². The number of nitrogens with zero attached hydrogens (tertiary/aromatic N) is 1. The van der Waals surface area contributed by atoms with Crippen LogP contribution in [0.5, 0.6) is 0 Å². The van der Waals surface area contributed by atoms with Gasteiger partial charge in [-0.25, -0.2) is 0 Å². The minimum absolute atomic E-state index is 0.166. The number of carbonyl (C=O) groups excluding carboxylic acids is 1. The second-order valence-electron chi connectivity index (χ2n) is 4.52. The third-order valence-corrected chi connectivity index (χ3v) is 4.40. The first-order chi connectivity index (χ1) is 9.47. The number of amides is 1.